The Morgan fingerprint density at radius 1 is 1.43 bits per heavy atom. The largest absolute Gasteiger partial charge is 0.495 e. The zero-order chi connectivity index (χ0) is 17.0. The molecule has 0 bridgehead atoms. The van der Waals surface area contributed by atoms with Crippen molar-refractivity contribution in [1.29, 1.82) is 0 Å². The quantitative estimate of drug-likeness (QED) is 0.618. The molecule has 0 aromatic heterocycles. The Kier molecular flexibility index (Phi) is 5.55. The van der Waals surface area contributed by atoms with Crippen molar-refractivity contribution in [2.75, 3.05) is 20.2 Å². The first-order valence-corrected chi connectivity index (χ1v) is 8.90. The van der Waals surface area contributed by atoms with Gasteiger partial charge in [-0.2, -0.15) is 4.31 Å². The standard InChI is InChI=1S/C14H21N3O5S/c1-22-13-10-12(17(18)19)5-6-14(13)23(20,21)16-9-3-2-4-11(16)7-8-15/h5-6,10-11H,2-4,7-9,15H2,1H3. The van der Waals surface area contributed by atoms with E-state index in [1.54, 1.807) is 0 Å². The lowest BCUT2D eigenvalue weighted by molar-refractivity contribution is -0.385. The summed E-state index contributed by atoms with van der Waals surface area (Å²) in [5, 5.41) is 10.8. The molecule has 1 fully saturated rings. The van der Waals surface area contributed by atoms with Gasteiger partial charge in [-0.15, -0.1) is 0 Å². The Balaban J connectivity index is 2.43. The van der Waals surface area contributed by atoms with Crippen LogP contribution in [0.4, 0.5) is 5.69 Å². The molecule has 0 spiro atoms. The molecule has 1 aliphatic heterocycles. The molecule has 1 aliphatic rings. The maximum atomic E-state index is 13.0. The third-order valence-corrected chi connectivity index (χ3v) is 6.01. The number of nitrogens with zero attached hydrogens (tertiary/aromatic N) is 2. The van der Waals surface area contributed by atoms with Crippen LogP contribution in [0.2, 0.25) is 0 Å². The van der Waals surface area contributed by atoms with E-state index in [9.17, 15) is 18.5 Å². The molecule has 1 heterocycles. The first-order valence-electron chi connectivity index (χ1n) is 7.46. The van der Waals surface area contributed by atoms with Crippen LogP contribution in [0.15, 0.2) is 23.1 Å². The predicted molar refractivity (Wildman–Crippen MR) is 84.9 cm³/mol. The van der Waals surface area contributed by atoms with Gasteiger partial charge in [0.05, 0.1) is 18.1 Å². The van der Waals surface area contributed by atoms with Crippen LogP contribution in [-0.2, 0) is 10.0 Å². The van der Waals surface area contributed by atoms with Crippen molar-refractivity contribution < 1.29 is 18.1 Å². The van der Waals surface area contributed by atoms with Gasteiger partial charge in [0.25, 0.3) is 5.69 Å². The molecule has 8 nitrogen and oxygen atoms in total. The van der Waals surface area contributed by atoms with Crippen molar-refractivity contribution >= 4 is 15.7 Å². The number of ether oxygens (including phenoxy) is 1. The Bertz CT molecular complexity index is 675. The minimum absolute atomic E-state index is 0.0173. The van der Waals surface area contributed by atoms with Crippen LogP contribution < -0.4 is 10.5 Å². The van der Waals surface area contributed by atoms with Gasteiger partial charge in [0.1, 0.15) is 10.6 Å². The number of rotatable bonds is 6. The summed E-state index contributed by atoms with van der Waals surface area (Å²) in [6.07, 6.45) is 3.12. The van der Waals surface area contributed by atoms with E-state index in [1.165, 1.54) is 23.5 Å². The van der Waals surface area contributed by atoms with Crippen LogP contribution in [0.3, 0.4) is 0 Å². The molecule has 0 radical (unpaired) electrons. The van der Waals surface area contributed by atoms with E-state index < -0.39 is 14.9 Å². The second-order valence-electron chi connectivity index (χ2n) is 5.43. The number of nitro groups is 1. The highest BCUT2D eigenvalue weighted by molar-refractivity contribution is 7.89. The molecular weight excluding hydrogens is 322 g/mol. The van der Waals surface area contributed by atoms with Crippen LogP contribution in [0.25, 0.3) is 0 Å². The molecule has 1 atom stereocenters. The minimum Gasteiger partial charge on any atom is -0.495 e. The lowest BCUT2D eigenvalue weighted by atomic mass is 10.0. The highest BCUT2D eigenvalue weighted by Crippen LogP contribution is 2.33. The normalized spacial score (nSPS) is 19.5. The highest BCUT2D eigenvalue weighted by Gasteiger charge is 2.35. The number of nitrogens with two attached hydrogens (primary N) is 1. The van der Waals surface area contributed by atoms with Crippen molar-refractivity contribution in [3.63, 3.8) is 0 Å². The number of piperidine rings is 1. The Hall–Kier alpha value is -1.71. The van der Waals surface area contributed by atoms with Gasteiger partial charge in [0.15, 0.2) is 0 Å². The first-order chi connectivity index (χ1) is 10.9. The molecule has 2 N–H and O–H groups in total. The third kappa shape index (κ3) is 3.62. The summed E-state index contributed by atoms with van der Waals surface area (Å²) < 4.78 is 32.5. The van der Waals surface area contributed by atoms with Crippen LogP contribution in [0.5, 0.6) is 5.75 Å². The Morgan fingerprint density at radius 3 is 2.78 bits per heavy atom. The van der Waals surface area contributed by atoms with Crippen molar-refractivity contribution in [2.45, 2.75) is 36.6 Å². The van der Waals surface area contributed by atoms with E-state index in [0.29, 0.717) is 19.5 Å². The van der Waals surface area contributed by atoms with E-state index in [-0.39, 0.29) is 22.4 Å². The molecule has 2 rings (SSSR count). The van der Waals surface area contributed by atoms with Crippen molar-refractivity contribution in [3.8, 4) is 5.75 Å². The number of nitro benzene ring substituents is 1. The number of methoxy groups -OCH3 is 1. The average Bonchev–Trinajstić information content (AvgIpc) is 2.54. The van der Waals surface area contributed by atoms with Gasteiger partial charge in [0, 0.05) is 18.7 Å². The third-order valence-electron chi connectivity index (χ3n) is 4.02. The molecule has 1 saturated heterocycles. The maximum Gasteiger partial charge on any atom is 0.273 e. The van der Waals surface area contributed by atoms with Crippen molar-refractivity contribution in [1.82, 2.24) is 4.31 Å². The molecule has 0 amide bonds. The summed E-state index contributed by atoms with van der Waals surface area (Å²) in [6, 6.07) is 3.41. The Labute approximate surface area is 135 Å². The van der Waals surface area contributed by atoms with E-state index in [1.807, 2.05) is 0 Å². The summed E-state index contributed by atoms with van der Waals surface area (Å²) in [5.41, 5.74) is 5.38. The fraction of sp³-hybridized carbons (Fsp3) is 0.571. The summed E-state index contributed by atoms with van der Waals surface area (Å²) in [6.45, 7) is 0.835. The second-order valence-corrected chi connectivity index (χ2v) is 7.29. The summed E-state index contributed by atoms with van der Waals surface area (Å²) in [7, 11) is -2.49. The van der Waals surface area contributed by atoms with E-state index in [2.05, 4.69) is 0 Å². The maximum absolute atomic E-state index is 13.0. The van der Waals surface area contributed by atoms with Gasteiger partial charge in [-0.25, -0.2) is 8.42 Å². The number of benzene rings is 1. The summed E-state index contributed by atoms with van der Waals surface area (Å²) >= 11 is 0. The van der Waals surface area contributed by atoms with Gasteiger partial charge < -0.3 is 10.5 Å². The molecule has 128 valence electrons. The first kappa shape index (κ1) is 17.6. The van der Waals surface area contributed by atoms with E-state index in [0.717, 1.165) is 25.3 Å². The summed E-state index contributed by atoms with van der Waals surface area (Å²) in [4.78, 5) is 10.2. The lowest BCUT2D eigenvalue weighted by Gasteiger charge is -2.34. The fourth-order valence-corrected chi connectivity index (χ4v) is 4.74. The Morgan fingerprint density at radius 2 is 2.17 bits per heavy atom. The molecule has 1 aromatic carbocycles. The smallest absolute Gasteiger partial charge is 0.273 e. The molecular formula is C14H21N3O5S. The second kappa shape index (κ2) is 7.24. The highest BCUT2D eigenvalue weighted by atomic mass is 32.2. The SMILES string of the molecule is COc1cc([N+](=O)[O-])ccc1S(=O)(=O)N1CCCCC1CCN. The van der Waals surface area contributed by atoms with Gasteiger partial charge in [0.2, 0.25) is 10.0 Å². The number of hydrogen-bond acceptors (Lipinski definition) is 6. The molecule has 0 aliphatic carbocycles. The fourth-order valence-electron chi connectivity index (χ4n) is 2.88. The predicted octanol–water partition coefficient (Wildman–Crippen LogP) is 1.50. The van der Waals surface area contributed by atoms with Crippen molar-refractivity contribution in [2.24, 2.45) is 5.73 Å². The molecule has 0 saturated carbocycles. The molecule has 1 aromatic rings. The van der Waals surface area contributed by atoms with E-state index in [4.69, 9.17) is 10.5 Å². The molecule has 1 unspecified atom stereocenters. The van der Waals surface area contributed by atoms with Crippen LogP contribution in [0.1, 0.15) is 25.7 Å². The zero-order valence-electron chi connectivity index (χ0n) is 13.0. The van der Waals surface area contributed by atoms with E-state index >= 15 is 0 Å². The molecule has 23 heavy (non-hydrogen) atoms. The number of hydrogen-bond donors (Lipinski definition) is 1. The van der Waals surface area contributed by atoms with Gasteiger partial charge >= 0.3 is 0 Å². The average molecular weight is 343 g/mol. The van der Waals surface area contributed by atoms with Crippen LogP contribution in [-0.4, -0.2) is 43.9 Å². The van der Waals surface area contributed by atoms with Gasteiger partial charge in [-0.1, -0.05) is 6.42 Å². The topological polar surface area (TPSA) is 116 Å². The van der Waals surface area contributed by atoms with Crippen LogP contribution in [0, 0.1) is 10.1 Å². The van der Waals surface area contributed by atoms with Gasteiger partial charge in [-0.3, -0.25) is 10.1 Å². The monoisotopic (exact) mass is 343 g/mol. The summed E-state index contributed by atoms with van der Waals surface area (Å²) in [5.74, 6) is -0.0173. The molecule has 9 heteroatoms. The van der Waals surface area contributed by atoms with Crippen LogP contribution >= 0.6 is 0 Å². The number of sulfonamides is 1. The van der Waals surface area contributed by atoms with Crippen molar-refractivity contribution in [3.05, 3.63) is 28.3 Å². The minimum atomic E-state index is -3.79. The van der Waals surface area contributed by atoms with Gasteiger partial charge in [-0.05, 0) is 31.9 Å². The zero-order valence-corrected chi connectivity index (χ0v) is 13.8. The lowest BCUT2D eigenvalue weighted by Crippen LogP contribution is -2.44. The number of non-ortho nitro benzene ring substituents is 1.